The van der Waals surface area contributed by atoms with Crippen LogP contribution < -0.4 is 0 Å². The van der Waals surface area contributed by atoms with Crippen LogP contribution in [0.25, 0.3) is 0 Å². The van der Waals surface area contributed by atoms with E-state index in [2.05, 4.69) is 4.74 Å². The van der Waals surface area contributed by atoms with Gasteiger partial charge >= 0.3 is 5.97 Å². The van der Waals surface area contributed by atoms with E-state index in [0.717, 1.165) is 0 Å². The van der Waals surface area contributed by atoms with Gasteiger partial charge in [0.1, 0.15) is 0 Å². The number of thioether (sulfide) groups is 1. The number of nitrogens with zero attached hydrogens (tertiary/aromatic N) is 1. The third-order valence-corrected chi connectivity index (χ3v) is 4.02. The van der Waals surface area contributed by atoms with Crippen LogP contribution in [0.15, 0.2) is 0 Å². The molecule has 0 N–H and O–H groups in total. The molecular weight excluding hydrogens is 250 g/mol. The van der Waals surface area contributed by atoms with E-state index in [1.807, 2.05) is 34.7 Å². The Hall–Kier alpha value is -0.710. The number of carbonyl (C=O) groups excluding carboxylic acids is 2. The summed E-state index contributed by atoms with van der Waals surface area (Å²) in [5.74, 6) is 1.08. The van der Waals surface area contributed by atoms with E-state index in [1.165, 1.54) is 18.9 Å². The Balaban J connectivity index is 4.39. The summed E-state index contributed by atoms with van der Waals surface area (Å²) >= 11 is 1.46. The molecule has 0 fully saturated rings. The second-order valence-corrected chi connectivity index (χ2v) is 6.01. The summed E-state index contributed by atoms with van der Waals surface area (Å²) in [4.78, 5) is 25.1. The van der Waals surface area contributed by atoms with E-state index in [-0.39, 0.29) is 29.8 Å². The highest BCUT2D eigenvalue weighted by Crippen LogP contribution is 2.20. The highest BCUT2D eigenvalue weighted by molar-refractivity contribution is 7.99. The largest absolute Gasteiger partial charge is 0.468 e. The SMILES string of the molecule is COC(=O)CSC[C@H](C(=O)N(C)C(C)C)C(C)C. The fourth-order valence-corrected chi connectivity index (χ4v) is 2.58. The third-order valence-electron chi connectivity index (χ3n) is 2.99. The first kappa shape index (κ1) is 17.3. The van der Waals surface area contributed by atoms with Gasteiger partial charge in [-0.15, -0.1) is 11.8 Å². The molecule has 0 aliphatic carbocycles. The molecule has 0 aromatic carbocycles. The quantitative estimate of drug-likeness (QED) is 0.667. The molecule has 0 saturated carbocycles. The van der Waals surface area contributed by atoms with E-state index in [9.17, 15) is 9.59 Å². The van der Waals surface area contributed by atoms with Crippen LogP contribution in [0.2, 0.25) is 0 Å². The second-order valence-electron chi connectivity index (χ2n) is 4.98. The average Bonchev–Trinajstić information content (AvgIpc) is 2.31. The fraction of sp³-hybridized carbons (Fsp3) is 0.846. The van der Waals surface area contributed by atoms with Crippen LogP contribution in [0.4, 0.5) is 0 Å². The molecule has 0 bridgehead atoms. The van der Waals surface area contributed by atoms with Crippen molar-refractivity contribution in [1.82, 2.24) is 4.90 Å². The molecule has 18 heavy (non-hydrogen) atoms. The number of hydrogen-bond acceptors (Lipinski definition) is 4. The van der Waals surface area contributed by atoms with Crippen molar-refractivity contribution in [2.45, 2.75) is 33.7 Å². The minimum atomic E-state index is -0.243. The van der Waals surface area contributed by atoms with Gasteiger partial charge in [0.2, 0.25) is 5.91 Å². The van der Waals surface area contributed by atoms with Gasteiger partial charge < -0.3 is 9.64 Å². The minimum absolute atomic E-state index is 0.0490. The lowest BCUT2D eigenvalue weighted by atomic mass is 9.96. The third kappa shape index (κ3) is 5.76. The molecule has 0 aromatic heterocycles. The monoisotopic (exact) mass is 275 g/mol. The van der Waals surface area contributed by atoms with Crippen LogP contribution in [0.1, 0.15) is 27.7 Å². The maximum Gasteiger partial charge on any atom is 0.315 e. The lowest BCUT2D eigenvalue weighted by molar-refractivity contribution is -0.138. The Labute approximate surface area is 114 Å². The summed E-state index contributed by atoms with van der Waals surface area (Å²) in [5.41, 5.74) is 0. The lowest BCUT2D eigenvalue weighted by Gasteiger charge is -2.28. The van der Waals surface area contributed by atoms with Gasteiger partial charge in [-0.25, -0.2) is 0 Å². The molecule has 0 aliphatic rings. The first-order valence-corrected chi connectivity index (χ1v) is 7.37. The van der Waals surface area contributed by atoms with Gasteiger partial charge in [-0.3, -0.25) is 9.59 Å². The zero-order valence-electron chi connectivity index (χ0n) is 12.2. The van der Waals surface area contributed by atoms with Gasteiger partial charge in [-0.05, 0) is 19.8 Å². The molecule has 0 rings (SSSR count). The predicted molar refractivity (Wildman–Crippen MR) is 75.6 cm³/mol. The first-order chi connectivity index (χ1) is 8.31. The molecule has 1 atom stereocenters. The van der Waals surface area contributed by atoms with Crippen molar-refractivity contribution in [3.05, 3.63) is 0 Å². The maximum absolute atomic E-state index is 12.3. The van der Waals surface area contributed by atoms with Crippen molar-refractivity contribution in [3.8, 4) is 0 Å². The number of ether oxygens (including phenoxy) is 1. The molecule has 1 amide bonds. The smallest absolute Gasteiger partial charge is 0.315 e. The molecule has 0 saturated heterocycles. The summed E-state index contributed by atoms with van der Waals surface area (Å²) in [7, 11) is 3.20. The van der Waals surface area contributed by atoms with Crippen molar-refractivity contribution in [3.63, 3.8) is 0 Å². The topological polar surface area (TPSA) is 46.6 Å². The molecule has 0 radical (unpaired) electrons. The normalized spacial score (nSPS) is 12.7. The van der Waals surface area contributed by atoms with E-state index < -0.39 is 0 Å². The molecule has 0 heterocycles. The minimum Gasteiger partial charge on any atom is -0.468 e. The molecular formula is C13H25NO3S. The van der Waals surface area contributed by atoms with Gasteiger partial charge in [0.05, 0.1) is 12.9 Å². The predicted octanol–water partition coefficient (Wildman–Crippen LogP) is 2.03. The molecule has 5 heteroatoms. The van der Waals surface area contributed by atoms with E-state index >= 15 is 0 Å². The molecule has 0 unspecified atom stereocenters. The zero-order chi connectivity index (χ0) is 14.3. The number of esters is 1. The fourth-order valence-electron chi connectivity index (χ4n) is 1.39. The van der Waals surface area contributed by atoms with Gasteiger partial charge in [0, 0.05) is 24.8 Å². The Kier molecular flexibility index (Phi) is 8.07. The van der Waals surface area contributed by atoms with E-state index in [1.54, 1.807) is 4.90 Å². The van der Waals surface area contributed by atoms with Crippen molar-refractivity contribution < 1.29 is 14.3 Å². The Bertz CT molecular complexity index is 279. The van der Waals surface area contributed by atoms with Gasteiger partial charge in [-0.2, -0.15) is 0 Å². The van der Waals surface area contributed by atoms with Crippen molar-refractivity contribution >= 4 is 23.6 Å². The molecule has 0 aromatic rings. The van der Waals surface area contributed by atoms with Crippen molar-refractivity contribution in [2.24, 2.45) is 11.8 Å². The van der Waals surface area contributed by atoms with Crippen LogP contribution >= 0.6 is 11.8 Å². The summed E-state index contributed by atoms with van der Waals surface area (Å²) in [6.45, 7) is 8.07. The molecule has 0 spiro atoms. The first-order valence-electron chi connectivity index (χ1n) is 6.22. The average molecular weight is 275 g/mol. The van der Waals surface area contributed by atoms with E-state index in [4.69, 9.17) is 0 Å². The van der Waals surface area contributed by atoms with Crippen LogP contribution in [0, 0.1) is 11.8 Å². The van der Waals surface area contributed by atoms with Crippen LogP contribution in [-0.2, 0) is 14.3 Å². The highest BCUT2D eigenvalue weighted by atomic mass is 32.2. The van der Waals surface area contributed by atoms with Crippen molar-refractivity contribution in [2.75, 3.05) is 25.7 Å². The standard InChI is InChI=1S/C13H25NO3S/c1-9(2)11(7-18-8-12(15)17-6)13(16)14(5)10(3)4/h9-11H,7-8H2,1-6H3/t11-/m0/s1. The molecule has 106 valence electrons. The van der Waals surface area contributed by atoms with Gasteiger partial charge in [0.15, 0.2) is 0 Å². The second kappa shape index (κ2) is 8.40. The highest BCUT2D eigenvalue weighted by Gasteiger charge is 2.26. The Morgan fingerprint density at radius 3 is 2.17 bits per heavy atom. The maximum atomic E-state index is 12.3. The Morgan fingerprint density at radius 2 is 1.78 bits per heavy atom. The number of carbonyl (C=O) groups is 2. The van der Waals surface area contributed by atoms with E-state index in [0.29, 0.717) is 11.5 Å². The van der Waals surface area contributed by atoms with Gasteiger partial charge in [-0.1, -0.05) is 13.8 Å². The van der Waals surface area contributed by atoms with Crippen LogP contribution in [0.3, 0.4) is 0 Å². The number of rotatable bonds is 7. The summed E-state index contributed by atoms with van der Waals surface area (Å²) in [6.07, 6.45) is 0. The summed E-state index contributed by atoms with van der Waals surface area (Å²) < 4.78 is 4.58. The summed E-state index contributed by atoms with van der Waals surface area (Å²) in [6, 6.07) is 0.198. The zero-order valence-corrected chi connectivity index (χ0v) is 13.0. The molecule has 4 nitrogen and oxygen atoms in total. The molecule has 0 aliphatic heterocycles. The Morgan fingerprint density at radius 1 is 1.22 bits per heavy atom. The number of hydrogen-bond donors (Lipinski definition) is 0. The lowest BCUT2D eigenvalue weighted by Crippen LogP contribution is -2.40. The van der Waals surface area contributed by atoms with Crippen LogP contribution in [-0.4, -0.2) is 48.5 Å². The van der Waals surface area contributed by atoms with Crippen LogP contribution in [0.5, 0.6) is 0 Å². The number of methoxy groups -OCH3 is 1. The number of amides is 1. The summed E-state index contributed by atoms with van der Waals surface area (Å²) in [5, 5.41) is 0. The van der Waals surface area contributed by atoms with Gasteiger partial charge in [0.25, 0.3) is 0 Å². The van der Waals surface area contributed by atoms with Crippen molar-refractivity contribution in [1.29, 1.82) is 0 Å².